The van der Waals surface area contributed by atoms with E-state index in [-0.39, 0.29) is 12.5 Å². The van der Waals surface area contributed by atoms with Gasteiger partial charge in [-0.15, -0.1) is 0 Å². The van der Waals surface area contributed by atoms with Crippen LogP contribution in [0.25, 0.3) is 0 Å². The maximum absolute atomic E-state index is 13.4. The monoisotopic (exact) mass is 475 g/mol. The molecule has 0 unspecified atom stereocenters. The molecule has 6 nitrogen and oxygen atoms in total. The van der Waals surface area contributed by atoms with E-state index in [4.69, 9.17) is 9.47 Å². The van der Waals surface area contributed by atoms with Gasteiger partial charge in [-0.3, -0.25) is 4.79 Å². The molecule has 4 rings (SSSR count). The van der Waals surface area contributed by atoms with Crippen molar-refractivity contribution in [2.45, 2.75) is 13.5 Å². The Morgan fingerprint density at radius 2 is 1.71 bits per heavy atom. The molecule has 0 radical (unpaired) electrons. The molecule has 0 bridgehead atoms. The Balaban J connectivity index is 1.46. The summed E-state index contributed by atoms with van der Waals surface area (Å²) in [7, 11) is 1.60. The van der Waals surface area contributed by atoms with E-state index in [0.717, 1.165) is 17.5 Å². The SMILES string of the molecule is COc1cccc(Nc2cc(Oc3cccc(C(=O)NCc4cc(F)cc(F)c4)c3C)ccn2)c1. The molecule has 0 spiro atoms. The zero-order valence-electron chi connectivity index (χ0n) is 19.1. The van der Waals surface area contributed by atoms with E-state index in [1.165, 1.54) is 12.1 Å². The number of amides is 1. The molecule has 0 saturated carbocycles. The average molecular weight is 475 g/mol. The summed E-state index contributed by atoms with van der Waals surface area (Å²) >= 11 is 0. The molecule has 35 heavy (non-hydrogen) atoms. The number of hydrogen-bond acceptors (Lipinski definition) is 5. The fourth-order valence-corrected chi connectivity index (χ4v) is 3.48. The number of hydrogen-bond donors (Lipinski definition) is 2. The normalized spacial score (nSPS) is 10.5. The minimum Gasteiger partial charge on any atom is -0.497 e. The van der Waals surface area contributed by atoms with Crippen molar-refractivity contribution in [3.8, 4) is 17.2 Å². The van der Waals surface area contributed by atoms with Crippen LogP contribution in [0.15, 0.2) is 79.0 Å². The van der Waals surface area contributed by atoms with Gasteiger partial charge in [0.15, 0.2) is 0 Å². The summed E-state index contributed by atoms with van der Waals surface area (Å²) in [5.41, 5.74) is 2.15. The molecule has 4 aromatic rings. The summed E-state index contributed by atoms with van der Waals surface area (Å²) in [4.78, 5) is 17.1. The van der Waals surface area contributed by atoms with Crippen LogP contribution < -0.4 is 20.1 Å². The highest BCUT2D eigenvalue weighted by Gasteiger charge is 2.14. The Morgan fingerprint density at radius 1 is 0.943 bits per heavy atom. The van der Waals surface area contributed by atoms with Crippen molar-refractivity contribution >= 4 is 17.4 Å². The summed E-state index contributed by atoms with van der Waals surface area (Å²) in [6, 6.07) is 19.2. The highest BCUT2D eigenvalue weighted by molar-refractivity contribution is 5.96. The van der Waals surface area contributed by atoms with E-state index in [2.05, 4.69) is 15.6 Å². The zero-order valence-corrected chi connectivity index (χ0v) is 19.1. The van der Waals surface area contributed by atoms with Gasteiger partial charge in [0.05, 0.1) is 7.11 Å². The van der Waals surface area contributed by atoms with Gasteiger partial charge in [0.1, 0.15) is 34.7 Å². The van der Waals surface area contributed by atoms with Gasteiger partial charge in [-0.05, 0) is 55.0 Å². The number of halogens is 2. The van der Waals surface area contributed by atoms with Crippen molar-refractivity contribution in [3.63, 3.8) is 0 Å². The number of carbonyl (C=O) groups is 1. The smallest absolute Gasteiger partial charge is 0.251 e. The molecule has 0 aliphatic carbocycles. The summed E-state index contributed by atoms with van der Waals surface area (Å²) < 4.78 is 38.1. The van der Waals surface area contributed by atoms with Crippen molar-refractivity contribution in [2.24, 2.45) is 0 Å². The first-order chi connectivity index (χ1) is 16.9. The second-order valence-corrected chi connectivity index (χ2v) is 7.72. The maximum Gasteiger partial charge on any atom is 0.251 e. The number of ether oxygens (including phenoxy) is 2. The molecule has 3 aromatic carbocycles. The first kappa shape index (κ1) is 23.7. The summed E-state index contributed by atoms with van der Waals surface area (Å²) in [5.74, 6) is 0.541. The number of nitrogens with one attached hydrogen (secondary N) is 2. The number of methoxy groups -OCH3 is 1. The first-order valence-corrected chi connectivity index (χ1v) is 10.8. The quantitative estimate of drug-likeness (QED) is 0.320. The van der Waals surface area contributed by atoms with Crippen LogP contribution in [0.2, 0.25) is 0 Å². The van der Waals surface area contributed by atoms with Crippen LogP contribution in [0.5, 0.6) is 17.2 Å². The van der Waals surface area contributed by atoms with E-state index in [1.54, 1.807) is 50.6 Å². The summed E-state index contributed by atoms with van der Waals surface area (Å²) in [5, 5.41) is 5.89. The third-order valence-electron chi connectivity index (χ3n) is 5.21. The molecule has 1 aromatic heterocycles. The number of pyridine rings is 1. The van der Waals surface area contributed by atoms with Crippen LogP contribution in [-0.2, 0) is 6.54 Å². The van der Waals surface area contributed by atoms with E-state index < -0.39 is 11.6 Å². The maximum atomic E-state index is 13.4. The summed E-state index contributed by atoms with van der Waals surface area (Å²) in [6.07, 6.45) is 1.61. The van der Waals surface area contributed by atoms with E-state index in [1.807, 2.05) is 24.3 Å². The van der Waals surface area contributed by atoms with Crippen molar-refractivity contribution in [3.05, 3.63) is 107 Å². The second-order valence-electron chi connectivity index (χ2n) is 7.72. The van der Waals surface area contributed by atoms with Gasteiger partial charge in [-0.1, -0.05) is 12.1 Å². The largest absolute Gasteiger partial charge is 0.497 e. The van der Waals surface area contributed by atoms with Gasteiger partial charge >= 0.3 is 0 Å². The fourth-order valence-electron chi connectivity index (χ4n) is 3.48. The van der Waals surface area contributed by atoms with Gasteiger partial charge in [-0.2, -0.15) is 0 Å². The molecule has 1 amide bonds. The molecule has 0 saturated heterocycles. The molecule has 0 aliphatic heterocycles. The Labute approximate surface area is 201 Å². The average Bonchev–Trinajstić information content (AvgIpc) is 2.84. The fraction of sp³-hybridized carbons (Fsp3) is 0.111. The standard InChI is InChI=1S/C27H23F2N3O3/c1-17-24(27(33)31-16-18-11-19(28)13-20(29)12-18)7-4-8-25(17)35-23-9-10-30-26(15-23)32-21-5-3-6-22(14-21)34-2/h3-15H,16H2,1-2H3,(H,30,32)(H,31,33). The first-order valence-electron chi connectivity index (χ1n) is 10.8. The molecule has 178 valence electrons. The molecule has 0 aliphatic rings. The minimum absolute atomic E-state index is 0.0122. The van der Waals surface area contributed by atoms with Crippen LogP contribution in [0.3, 0.4) is 0 Å². The predicted molar refractivity (Wildman–Crippen MR) is 129 cm³/mol. The number of nitrogens with zero attached hydrogens (tertiary/aromatic N) is 1. The van der Waals surface area contributed by atoms with E-state index in [9.17, 15) is 13.6 Å². The van der Waals surface area contributed by atoms with Gasteiger partial charge in [0, 0.05) is 47.8 Å². The predicted octanol–water partition coefficient (Wildman–Crippen LogP) is 6.14. The van der Waals surface area contributed by atoms with Crippen molar-refractivity contribution in [1.82, 2.24) is 10.3 Å². The lowest BCUT2D eigenvalue weighted by Gasteiger charge is -2.14. The molecule has 0 fully saturated rings. The number of benzene rings is 3. The van der Waals surface area contributed by atoms with Crippen molar-refractivity contribution < 1.29 is 23.0 Å². The van der Waals surface area contributed by atoms with Crippen molar-refractivity contribution in [2.75, 3.05) is 12.4 Å². The van der Waals surface area contributed by atoms with E-state index in [0.29, 0.717) is 34.0 Å². The number of aromatic nitrogens is 1. The Kier molecular flexibility index (Phi) is 7.21. The molecule has 0 atom stereocenters. The number of anilines is 2. The second kappa shape index (κ2) is 10.6. The number of rotatable bonds is 8. The summed E-state index contributed by atoms with van der Waals surface area (Å²) in [6.45, 7) is 1.75. The molecule has 2 N–H and O–H groups in total. The molecular weight excluding hydrogens is 452 g/mol. The van der Waals surface area contributed by atoms with Crippen LogP contribution in [0, 0.1) is 18.6 Å². The number of carbonyl (C=O) groups excluding carboxylic acids is 1. The van der Waals surface area contributed by atoms with Gasteiger partial charge in [-0.25, -0.2) is 13.8 Å². The zero-order chi connectivity index (χ0) is 24.8. The van der Waals surface area contributed by atoms with Crippen molar-refractivity contribution in [1.29, 1.82) is 0 Å². The lowest BCUT2D eigenvalue weighted by Crippen LogP contribution is -2.23. The highest BCUT2D eigenvalue weighted by atomic mass is 19.1. The lowest BCUT2D eigenvalue weighted by molar-refractivity contribution is 0.0950. The minimum atomic E-state index is -0.696. The lowest BCUT2D eigenvalue weighted by atomic mass is 10.1. The van der Waals surface area contributed by atoms with E-state index >= 15 is 0 Å². The van der Waals surface area contributed by atoms with Crippen LogP contribution in [-0.4, -0.2) is 18.0 Å². The van der Waals surface area contributed by atoms with Gasteiger partial charge < -0.3 is 20.1 Å². The third-order valence-corrected chi connectivity index (χ3v) is 5.21. The van der Waals surface area contributed by atoms with Crippen LogP contribution >= 0.6 is 0 Å². The van der Waals surface area contributed by atoms with Crippen LogP contribution in [0.4, 0.5) is 20.3 Å². The Morgan fingerprint density at radius 3 is 2.49 bits per heavy atom. The van der Waals surface area contributed by atoms with Gasteiger partial charge in [0.2, 0.25) is 0 Å². The molecule has 1 heterocycles. The highest BCUT2D eigenvalue weighted by Crippen LogP contribution is 2.29. The van der Waals surface area contributed by atoms with Gasteiger partial charge in [0.25, 0.3) is 5.91 Å². The molecule has 8 heteroatoms. The Bertz CT molecular complexity index is 1340. The Hall–Kier alpha value is -4.46. The molecular formula is C27H23F2N3O3. The topological polar surface area (TPSA) is 72.5 Å². The van der Waals surface area contributed by atoms with Crippen LogP contribution in [0.1, 0.15) is 21.5 Å². The third kappa shape index (κ3) is 6.11.